The Morgan fingerprint density at radius 2 is 1.38 bits per heavy atom. The van der Waals surface area contributed by atoms with Crippen molar-refractivity contribution in [3.63, 3.8) is 0 Å². The quantitative estimate of drug-likeness (QED) is 0.546. The van der Waals surface area contributed by atoms with E-state index >= 15 is 0 Å². The second kappa shape index (κ2) is 10.0. The van der Waals surface area contributed by atoms with Crippen LogP contribution in [0.4, 0.5) is 5.69 Å². The van der Waals surface area contributed by atoms with Crippen LogP contribution in [0.15, 0.2) is 89.4 Å². The number of carbonyl (C=O) groups is 2. The van der Waals surface area contributed by atoms with Crippen LogP contribution >= 0.6 is 15.9 Å². The Hall–Kier alpha value is -2.92. The monoisotopic (exact) mass is 450 g/mol. The van der Waals surface area contributed by atoms with Crippen molar-refractivity contribution in [3.05, 3.63) is 101 Å². The van der Waals surface area contributed by atoms with E-state index in [0.29, 0.717) is 12.1 Å². The van der Waals surface area contributed by atoms with Gasteiger partial charge in [0, 0.05) is 23.9 Å². The van der Waals surface area contributed by atoms with E-state index < -0.39 is 0 Å². The Balaban J connectivity index is 1.67. The maximum Gasteiger partial charge on any atom is 0.244 e. The molecular formula is C24H23BrN2O2. The summed E-state index contributed by atoms with van der Waals surface area (Å²) in [4.78, 5) is 26.7. The van der Waals surface area contributed by atoms with Crippen molar-refractivity contribution in [1.29, 1.82) is 0 Å². The fourth-order valence-electron chi connectivity index (χ4n) is 3.19. The van der Waals surface area contributed by atoms with Gasteiger partial charge in [0.2, 0.25) is 11.8 Å². The molecule has 0 saturated carbocycles. The molecule has 29 heavy (non-hydrogen) atoms. The lowest BCUT2D eigenvalue weighted by molar-refractivity contribution is -0.133. The Labute approximate surface area is 179 Å². The maximum atomic E-state index is 12.9. The topological polar surface area (TPSA) is 49.4 Å². The molecule has 3 aromatic carbocycles. The highest BCUT2D eigenvalue weighted by Gasteiger charge is 2.21. The van der Waals surface area contributed by atoms with Crippen LogP contribution in [0.5, 0.6) is 0 Å². The number of halogens is 1. The summed E-state index contributed by atoms with van der Waals surface area (Å²) in [6.45, 7) is -0.00350. The molecule has 0 aliphatic carbocycles. The molecule has 4 nitrogen and oxygen atoms in total. The zero-order valence-electron chi connectivity index (χ0n) is 16.2. The second-order valence-electron chi connectivity index (χ2n) is 6.86. The van der Waals surface area contributed by atoms with Gasteiger partial charge >= 0.3 is 0 Å². The van der Waals surface area contributed by atoms with Crippen molar-refractivity contribution in [3.8, 4) is 0 Å². The molecule has 0 fully saturated rings. The van der Waals surface area contributed by atoms with Gasteiger partial charge in [-0.15, -0.1) is 0 Å². The second-order valence-corrected chi connectivity index (χ2v) is 7.71. The molecule has 0 unspecified atom stereocenters. The Morgan fingerprint density at radius 1 is 0.862 bits per heavy atom. The van der Waals surface area contributed by atoms with Crippen molar-refractivity contribution in [1.82, 2.24) is 4.90 Å². The fraction of sp³-hybridized carbons (Fsp3) is 0.167. The lowest BCUT2D eigenvalue weighted by atomic mass is 9.88. The summed E-state index contributed by atoms with van der Waals surface area (Å²) in [7, 11) is 1.66. The first-order valence-electron chi connectivity index (χ1n) is 9.43. The van der Waals surface area contributed by atoms with Crippen LogP contribution in [0.1, 0.15) is 23.5 Å². The SMILES string of the molecule is CN(CC(=O)Nc1ccccc1Br)C(=O)CC(c1ccccc1)c1ccccc1. The summed E-state index contributed by atoms with van der Waals surface area (Å²) >= 11 is 3.41. The largest absolute Gasteiger partial charge is 0.336 e. The Bertz CT molecular complexity index is 921. The van der Waals surface area contributed by atoms with Crippen LogP contribution < -0.4 is 5.32 Å². The average molecular weight is 451 g/mol. The summed E-state index contributed by atoms with van der Waals surface area (Å²) in [6.07, 6.45) is 0.298. The van der Waals surface area contributed by atoms with E-state index in [1.165, 1.54) is 4.90 Å². The molecule has 148 valence electrons. The first kappa shape index (κ1) is 20.8. The molecule has 0 aromatic heterocycles. The van der Waals surface area contributed by atoms with Crippen LogP contribution in [-0.2, 0) is 9.59 Å². The molecule has 0 atom stereocenters. The Morgan fingerprint density at radius 3 is 1.93 bits per heavy atom. The molecule has 0 bridgehead atoms. The van der Waals surface area contributed by atoms with E-state index in [1.54, 1.807) is 7.05 Å². The molecule has 3 aromatic rings. The fourth-order valence-corrected chi connectivity index (χ4v) is 3.57. The van der Waals surface area contributed by atoms with E-state index in [9.17, 15) is 9.59 Å². The van der Waals surface area contributed by atoms with Gasteiger partial charge in [0.05, 0.1) is 12.2 Å². The van der Waals surface area contributed by atoms with Crippen LogP contribution in [0, 0.1) is 0 Å². The lowest BCUT2D eigenvalue weighted by Crippen LogP contribution is -2.35. The predicted octanol–water partition coefficient (Wildman–Crippen LogP) is 5.07. The lowest BCUT2D eigenvalue weighted by Gasteiger charge is -2.22. The zero-order chi connectivity index (χ0) is 20.6. The van der Waals surface area contributed by atoms with Gasteiger partial charge in [0.1, 0.15) is 0 Å². The van der Waals surface area contributed by atoms with Crippen molar-refractivity contribution in [2.75, 3.05) is 18.9 Å². The van der Waals surface area contributed by atoms with Crippen LogP contribution in [0.3, 0.4) is 0 Å². The number of likely N-dealkylation sites (N-methyl/N-ethyl adjacent to an activating group) is 1. The van der Waals surface area contributed by atoms with Gasteiger partial charge in [-0.05, 0) is 39.2 Å². The number of benzene rings is 3. The highest BCUT2D eigenvalue weighted by atomic mass is 79.9. The van der Waals surface area contributed by atoms with Crippen molar-refractivity contribution < 1.29 is 9.59 Å². The first-order chi connectivity index (χ1) is 14.0. The van der Waals surface area contributed by atoms with Crippen LogP contribution in [-0.4, -0.2) is 30.3 Å². The number of hydrogen-bond donors (Lipinski definition) is 1. The third-order valence-electron chi connectivity index (χ3n) is 4.74. The number of rotatable bonds is 7. The molecule has 0 radical (unpaired) electrons. The van der Waals surface area contributed by atoms with Gasteiger partial charge in [-0.1, -0.05) is 72.8 Å². The number of nitrogens with one attached hydrogen (secondary N) is 1. The molecule has 3 rings (SSSR count). The molecular weight excluding hydrogens is 428 g/mol. The number of hydrogen-bond acceptors (Lipinski definition) is 2. The van der Waals surface area contributed by atoms with E-state index in [4.69, 9.17) is 0 Å². The average Bonchev–Trinajstić information content (AvgIpc) is 2.74. The Kier molecular flexibility index (Phi) is 7.19. The van der Waals surface area contributed by atoms with Gasteiger partial charge in [-0.2, -0.15) is 0 Å². The first-order valence-corrected chi connectivity index (χ1v) is 10.2. The minimum Gasteiger partial charge on any atom is -0.336 e. The minimum atomic E-state index is -0.233. The number of amides is 2. The molecule has 0 aliphatic rings. The zero-order valence-corrected chi connectivity index (χ0v) is 17.8. The van der Waals surface area contributed by atoms with Gasteiger partial charge in [0.15, 0.2) is 0 Å². The van der Waals surface area contributed by atoms with Gasteiger partial charge in [0.25, 0.3) is 0 Å². The summed E-state index contributed by atoms with van der Waals surface area (Å²) < 4.78 is 0.801. The van der Waals surface area contributed by atoms with Gasteiger partial charge < -0.3 is 10.2 Å². The molecule has 0 spiro atoms. The van der Waals surface area contributed by atoms with Crippen molar-refractivity contribution in [2.45, 2.75) is 12.3 Å². The molecule has 0 saturated heterocycles. The van der Waals surface area contributed by atoms with E-state index in [1.807, 2.05) is 84.9 Å². The van der Waals surface area contributed by atoms with E-state index in [0.717, 1.165) is 15.6 Å². The normalized spacial score (nSPS) is 10.6. The highest BCUT2D eigenvalue weighted by molar-refractivity contribution is 9.10. The molecule has 2 amide bonds. The number of carbonyl (C=O) groups excluding carboxylic acids is 2. The third kappa shape index (κ3) is 5.78. The number of para-hydroxylation sites is 1. The number of nitrogens with zero attached hydrogens (tertiary/aromatic N) is 1. The maximum absolute atomic E-state index is 12.9. The molecule has 0 heterocycles. The summed E-state index contributed by atoms with van der Waals surface area (Å²) in [6, 6.07) is 27.4. The molecule has 5 heteroatoms. The van der Waals surface area contributed by atoms with E-state index in [2.05, 4.69) is 21.2 Å². The van der Waals surface area contributed by atoms with Crippen molar-refractivity contribution >= 4 is 33.4 Å². The molecule has 0 aliphatic heterocycles. The van der Waals surface area contributed by atoms with E-state index in [-0.39, 0.29) is 24.3 Å². The smallest absolute Gasteiger partial charge is 0.244 e. The van der Waals surface area contributed by atoms with Crippen molar-refractivity contribution in [2.24, 2.45) is 0 Å². The van der Waals surface area contributed by atoms with Gasteiger partial charge in [-0.3, -0.25) is 9.59 Å². The third-order valence-corrected chi connectivity index (χ3v) is 5.43. The summed E-state index contributed by atoms with van der Waals surface area (Å²) in [5, 5.41) is 2.83. The predicted molar refractivity (Wildman–Crippen MR) is 120 cm³/mol. The summed E-state index contributed by atoms with van der Waals surface area (Å²) in [5.74, 6) is -0.368. The minimum absolute atomic E-state index is 0.00350. The number of anilines is 1. The standard InChI is InChI=1S/C24H23BrN2O2/c1-27(17-23(28)26-22-15-9-8-14-21(22)25)24(29)16-20(18-10-4-2-5-11-18)19-12-6-3-7-13-19/h2-15,20H,16-17H2,1H3,(H,26,28). The summed E-state index contributed by atoms with van der Waals surface area (Å²) in [5.41, 5.74) is 2.85. The molecule has 1 N–H and O–H groups in total. The highest BCUT2D eigenvalue weighted by Crippen LogP contribution is 2.28. The van der Waals surface area contributed by atoms with Gasteiger partial charge in [-0.25, -0.2) is 0 Å². The van der Waals surface area contributed by atoms with Crippen LogP contribution in [0.25, 0.3) is 0 Å². The van der Waals surface area contributed by atoms with Crippen LogP contribution in [0.2, 0.25) is 0 Å².